The van der Waals surface area contributed by atoms with Crippen LogP contribution in [0.5, 0.6) is 0 Å². The van der Waals surface area contributed by atoms with E-state index in [4.69, 9.17) is 5.73 Å². The van der Waals surface area contributed by atoms with E-state index in [1.165, 1.54) is 38.2 Å². The molecule has 1 aromatic rings. The van der Waals surface area contributed by atoms with E-state index in [0.29, 0.717) is 11.5 Å². The van der Waals surface area contributed by atoms with E-state index < -0.39 is 0 Å². The smallest absolute Gasteiger partial charge is 0.129 e. The van der Waals surface area contributed by atoms with E-state index in [0.717, 1.165) is 10.9 Å². The van der Waals surface area contributed by atoms with Crippen LogP contribution in [0.2, 0.25) is 0 Å². The lowest BCUT2D eigenvalue weighted by Crippen LogP contribution is -2.19. The van der Waals surface area contributed by atoms with Crippen molar-refractivity contribution in [3.8, 4) is 0 Å². The first kappa shape index (κ1) is 13.0. The predicted octanol–water partition coefficient (Wildman–Crippen LogP) is 4.56. The summed E-state index contributed by atoms with van der Waals surface area (Å²) in [5.74, 6) is 0.480. The summed E-state index contributed by atoms with van der Waals surface area (Å²) in [6.07, 6.45) is 7.35. The minimum Gasteiger partial charge on any atom is -0.324 e. The van der Waals surface area contributed by atoms with E-state index in [2.05, 4.69) is 15.9 Å². The van der Waals surface area contributed by atoms with Crippen LogP contribution in [-0.2, 0) is 0 Å². The SMILES string of the molecule is NC(CC1CCCCC1)c1c(F)cccc1Br. The summed E-state index contributed by atoms with van der Waals surface area (Å²) >= 11 is 3.39. The minimum absolute atomic E-state index is 0.186. The Hall–Kier alpha value is -0.410. The molecule has 94 valence electrons. The second kappa shape index (κ2) is 5.96. The summed E-state index contributed by atoms with van der Waals surface area (Å²) in [5, 5.41) is 0. The Morgan fingerprint density at radius 2 is 2.00 bits per heavy atom. The molecule has 0 amide bonds. The molecule has 0 radical (unpaired) electrons. The third-order valence-corrected chi connectivity index (χ3v) is 4.37. The molecular weight excluding hydrogens is 281 g/mol. The average molecular weight is 300 g/mol. The molecule has 1 fully saturated rings. The standard InChI is InChI=1S/C14H19BrFN/c15-11-7-4-8-12(16)14(11)13(17)9-10-5-2-1-3-6-10/h4,7-8,10,13H,1-3,5-6,9,17H2. The van der Waals surface area contributed by atoms with Crippen molar-refractivity contribution >= 4 is 15.9 Å². The van der Waals surface area contributed by atoms with Gasteiger partial charge in [0.15, 0.2) is 0 Å². The molecule has 17 heavy (non-hydrogen) atoms. The summed E-state index contributed by atoms with van der Waals surface area (Å²) in [6, 6.07) is 4.87. The fourth-order valence-corrected chi connectivity index (χ4v) is 3.40. The van der Waals surface area contributed by atoms with Gasteiger partial charge in [0.1, 0.15) is 5.82 Å². The van der Waals surface area contributed by atoms with Crippen LogP contribution in [-0.4, -0.2) is 0 Å². The monoisotopic (exact) mass is 299 g/mol. The first-order valence-corrected chi connectivity index (χ1v) is 7.17. The lowest BCUT2D eigenvalue weighted by atomic mass is 9.83. The molecule has 0 spiro atoms. The maximum Gasteiger partial charge on any atom is 0.129 e. The van der Waals surface area contributed by atoms with E-state index in [1.807, 2.05) is 6.07 Å². The molecule has 1 aliphatic carbocycles. The Morgan fingerprint density at radius 3 is 2.65 bits per heavy atom. The van der Waals surface area contributed by atoms with Gasteiger partial charge < -0.3 is 5.73 Å². The lowest BCUT2D eigenvalue weighted by Gasteiger charge is -2.25. The largest absolute Gasteiger partial charge is 0.324 e. The Kier molecular flexibility index (Phi) is 4.57. The quantitative estimate of drug-likeness (QED) is 0.870. The van der Waals surface area contributed by atoms with Gasteiger partial charge in [0.25, 0.3) is 0 Å². The fraction of sp³-hybridized carbons (Fsp3) is 0.571. The van der Waals surface area contributed by atoms with Gasteiger partial charge in [-0.15, -0.1) is 0 Å². The molecule has 1 unspecified atom stereocenters. The molecule has 2 rings (SSSR count). The van der Waals surface area contributed by atoms with Crippen LogP contribution >= 0.6 is 15.9 Å². The van der Waals surface area contributed by atoms with Gasteiger partial charge in [-0.05, 0) is 24.5 Å². The summed E-state index contributed by atoms with van der Waals surface area (Å²) < 4.78 is 14.5. The summed E-state index contributed by atoms with van der Waals surface area (Å²) in [6.45, 7) is 0. The van der Waals surface area contributed by atoms with Crippen molar-refractivity contribution in [1.29, 1.82) is 0 Å². The summed E-state index contributed by atoms with van der Waals surface area (Å²) in [5.41, 5.74) is 6.79. The molecule has 0 aromatic heterocycles. The number of benzene rings is 1. The first-order chi connectivity index (χ1) is 8.18. The van der Waals surface area contributed by atoms with Gasteiger partial charge >= 0.3 is 0 Å². The minimum atomic E-state index is -0.192. The van der Waals surface area contributed by atoms with Crippen molar-refractivity contribution in [1.82, 2.24) is 0 Å². The Bertz CT molecular complexity index is 354. The fourth-order valence-electron chi connectivity index (χ4n) is 2.76. The molecular formula is C14H19BrFN. The first-order valence-electron chi connectivity index (χ1n) is 6.38. The van der Waals surface area contributed by atoms with Crippen molar-refractivity contribution in [3.63, 3.8) is 0 Å². The number of rotatable bonds is 3. The van der Waals surface area contributed by atoms with Gasteiger partial charge in [-0.3, -0.25) is 0 Å². The third-order valence-electron chi connectivity index (χ3n) is 3.68. The highest BCUT2D eigenvalue weighted by Gasteiger charge is 2.21. The second-order valence-corrected chi connectivity index (χ2v) is 5.84. The zero-order valence-corrected chi connectivity index (χ0v) is 11.5. The van der Waals surface area contributed by atoms with Crippen LogP contribution in [0.3, 0.4) is 0 Å². The molecule has 1 saturated carbocycles. The molecule has 0 saturated heterocycles. The van der Waals surface area contributed by atoms with Crippen molar-refractivity contribution in [2.24, 2.45) is 11.7 Å². The van der Waals surface area contributed by atoms with Gasteiger partial charge in [-0.25, -0.2) is 4.39 Å². The molecule has 1 aliphatic rings. The molecule has 0 heterocycles. The van der Waals surface area contributed by atoms with Crippen LogP contribution < -0.4 is 5.73 Å². The van der Waals surface area contributed by atoms with Crippen molar-refractivity contribution in [2.75, 3.05) is 0 Å². The predicted molar refractivity (Wildman–Crippen MR) is 72.2 cm³/mol. The number of halogens is 2. The number of hydrogen-bond donors (Lipinski definition) is 1. The van der Waals surface area contributed by atoms with Crippen molar-refractivity contribution in [2.45, 2.75) is 44.6 Å². The van der Waals surface area contributed by atoms with Crippen molar-refractivity contribution in [3.05, 3.63) is 34.1 Å². The molecule has 1 aromatic carbocycles. The van der Waals surface area contributed by atoms with E-state index in [9.17, 15) is 4.39 Å². The normalized spacial score (nSPS) is 19.2. The van der Waals surface area contributed by atoms with Gasteiger partial charge in [-0.1, -0.05) is 54.1 Å². The van der Waals surface area contributed by atoms with Crippen LogP contribution in [0.4, 0.5) is 4.39 Å². The Morgan fingerprint density at radius 1 is 1.29 bits per heavy atom. The second-order valence-electron chi connectivity index (χ2n) is 4.98. The van der Waals surface area contributed by atoms with Crippen LogP contribution in [0.1, 0.15) is 50.1 Å². The van der Waals surface area contributed by atoms with E-state index >= 15 is 0 Å². The molecule has 3 heteroatoms. The summed E-state index contributed by atoms with van der Waals surface area (Å²) in [7, 11) is 0. The van der Waals surface area contributed by atoms with Crippen LogP contribution in [0.25, 0.3) is 0 Å². The highest BCUT2D eigenvalue weighted by molar-refractivity contribution is 9.10. The number of nitrogens with two attached hydrogens (primary N) is 1. The van der Waals surface area contributed by atoms with E-state index in [1.54, 1.807) is 6.07 Å². The van der Waals surface area contributed by atoms with Gasteiger partial charge in [0, 0.05) is 16.1 Å². The third kappa shape index (κ3) is 3.29. The maximum absolute atomic E-state index is 13.7. The molecule has 2 N–H and O–H groups in total. The average Bonchev–Trinajstić information content (AvgIpc) is 2.30. The van der Waals surface area contributed by atoms with Crippen LogP contribution in [0.15, 0.2) is 22.7 Å². The molecule has 1 nitrogen and oxygen atoms in total. The Balaban J connectivity index is 2.05. The van der Waals surface area contributed by atoms with Crippen molar-refractivity contribution < 1.29 is 4.39 Å². The van der Waals surface area contributed by atoms with Gasteiger partial charge in [-0.2, -0.15) is 0 Å². The highest BCUT2D eigenvalue weighted by atomic mass is 79.9. The van der Waals surface area contributed by atoms with E-state index in [-0.39, 0.29) is 11.9 Å². The topological polar surface area (TPSA) is 26.0 Å². The number of hydrogen-bond acceptors (Lipinski definition) is 1. The highest BCUT2D eigenvalue weighted by Crippen LogP contribution is 2.34. The molecule has 0 bridgehead atoms. The Labute approximate surface area is 111 Å². The zero-order chi connectivity index (χ0) is 12.3. The zero-order valence-electron chi connectivity index (χ0n) is 9.96. The maximum atomic E-state index is 13.7. The van der Waals surface area contributed by atoms with Gasteiger partial charge in [0.05, 0.1) is 0 Å². The lowest BCUT2D eigenvalue weighted by molar-refractivity contribution is 0.316. The summed E-state index contributed by atoms with van der Waals surface area (Å²) in [4.78, 5) is 0. The van der Waals surface area contributed by atoms with Gasteiger partial charge in [0.2, 0.25) is 0 Å². The molecule has 1 atom stereocenters. The molecule has 0 aliphatic heterocycles. The van der Waals surface area contributed by atoms with Crippen LogP contribution in [0, 0.1) is 11.7 Å².